The number of nitrogens with one attached hydrogen (secondary N) is 2. The van der Waals surface area contributed by atoms with Gasteiger partial charge in [0.1, 0.15) is 6.04 Å². The number of pyridine rings is 2. The largest absolute Gasteiger partial charge is 0.467 e. The number of hydrogen-bond donors (Lipinski definition) is 3. The number of esters is 1. The molecule has 1 aromatic carbocycles. The average molecular weight is 569 g/mol. The number of carbonyl (C=O) groups excluding carboxylic acids is 3. The Labute approximate surface area is 230 Å². The van der Waals surface area contributed by atoms with Crippen LogP contribution in [0.4, 0.5) is 5.82 Å². The lowest BCUT2D eigenvalue weighted by Gasteiger charge is -2.16. The molecule has 3 rings (SSSR count). The van der Waals surface area contributed by atoms with Crippen molar-refractivity contribution in [3.8, 4) is 0 Å². The van der Waals surface area contributed by atoms with Crippen LogP contribution in [0.25, 0.3) is 0 Å². The molecular weight excluding hydrogens is 540 g/mol. The molecule has 1 unspecified atom stereocenters. The monoisotopic (exact) mass is 568 g/mol. The molecule has 0 fully saturated rings. The minimum absolute atomic E-state index is 0.117. The molecule has 0 bridgehead atoms. The lowest BCUT2D eigenvalue weighted by atomic mass is 10.1. The van der Waals surface area contributed by atoms with E-state index in [4.69, 9.17) is 4.74 Å². The summed E-state index contributed by atoms with van der Waals surface area (Å²) < 4.78 is 37.1. The Kier molecular flexibility index (Phi) is 10.9. The standard InChI is InChI=1S/C26H28N6O7S/c1-39-26(35)21(9-4-5-14-28-24(33)19-8-6-13-27-15-19)31-25(34)20-11-12-23(29-16-20)32-30-17-18-7-2-3-10-22(18)40(36,37)38/h2-3,6-8,10-13,15-16,21H,4-5,9,14,17H2,1H3,(H,28,33)(H,31,34)(H,36,37,38). The zero-order valence-electron chi connectivity index (χ0n) is 21.6. The summed E-state index contributed by atoms with van der Waals surface area (Å²) in [5.74, 6) is -1.22. The van der Waals surface area contributed by atoms with Crippen molar-refractivity contribution in [2.24, 2.45) is 10.2 Å². The van der Waals surface area contributed by atoms with E-state index < -0.39 is 28.0 Å². The minimum atomic E-state index is -4.40. The molecule has 0 aliphatic carbocycles. The van der Waals surface area contributed by atoms with Gasteiger partial charge in [-0.2, -0.15) is 13.5 Å². The number of methoxy groups -OCH3 is 1. The molecule has 0 spiro atoms. The van der Waals surface area contributed by atoms with Gasteiger partial charge in [0.25, 0.3) is 21.9 Å². The molecule has 2 amide bonds. The van der Waals surface area contributed by atoms with E-state index in [1.165, 1.54) is 49.8 Å². The third kappa shape index (κ3) is 9.03. The minimum Gasteiger partial charge on any atom is -0.467 e. The number of aromatic nitrogens is 2. The van der Waals surface area contributed by atoms with Crippen molar-refractivity contribution in [3.63, 3.8) is 0 Å². The van der Waals surface area contributed by atoms with Crippen LogP contribution in [0.15, 0.2) is 82.2 Å². The Balaban J connectivity index is 1.50. The molecular formula is C26H28N6O7S. The molecule has 210 valence electrons. The molecule has 0 aliphatic heterocycles. The van der Waals surface area contributed by atoms with Crippen LogP contribution < -0.4 is 10.6 Å². The van der Waals surface area contributed by atoms with Crippen LogP contribution in [0.5, 0.6) is 0 Å². The summed E-state index contributed by atoms with van der Waals surface area (Å²) in [6.45, 7) is 0.269. The fourth-order valence-corrected chi connectivity index (χ4v) is 4.27. The Hall–Kier alpha value is -4.56. The van der Waals surface area contributed by atoms with Crippen molar-refractivity contribution in [1.82, 2.24) is 20.6 Å². The van der Waals surface area contributed by atoms with E-state index in [0.717, 1.165) is 0 Å². The van der Waals surface area contributed by atoms with E-state index in [-0.39, 0.29) is 34.3 Å². The molecule has 40 heavy (non-hydrogen) atoms. The van der Waals surface area contributed by atoms with Crippen molar-refractivity contribution in [2.45, 2.75) is 36.7 Å². The maximum Gasteiger partial charge on any atom is 0.328 e. The maximum atomic E-state index is 12.7. The molecule has 1 atom stereocenters. The normalized spacial score (nSPS) is 12.1. The highest BCUT2D eigenvalue weighted by molar-refractivity contribution is 7.85. The number of azo groups is 1. The third-order valence-corrected chi connectivity index (χ3v) is 6.55. The summed E-state index contributed by atoms with van der Waals surface area (Å²) in [4.78, 5) is 44.7. The van der Waals surface area contributed by atoms with E-state index in [1.54, 1.807) is 24.4 Å². The summed E-state index contributed by atoms with van der Waals surface area (Å²) in [6, 6.07) is 11.2. The number of hydrogen-bond acceptors (Lipinski definition) is 10. The first kappa shape index (κ1) is 30.0. The second kappa shape index (κ2) is 14.6. The van der Waals surface area contributed by atoms with Crippen molar-refractivity contribution in [2.75, 3.05) is 13.7 Å². The highest BCUT2D eigenvalue weighted by atomic mass is 32.2. The Bertz CT molecular complexity index is 1450. The number of amides is 2. The van der Waals surface area contributed by atoms with Gasteiger partial charge in [-0.05, 0) is 55.2 Å². The van der Waals surface area contributed by atoms with Crippen LogP contribution >= 0.6 is 0 Å². The van der Waals surface area contributed by atoms with Crippen LogP contribution in [0.3, 0.4) is 0 Å². The van der Waals surface area contributed by atoms with Crippen LogP contribution in [0.2, 0.25) is 0 Å². The molecule has 2 heterocycles. The van der Waals surface area contributed by atoms with Crippen molar-refractivity contribution in [1.29, 1.82) is 0 Å². The van der Waals surface area contributed by atoms with Gasteiger partial charge in [0, 0.05) is 25.1 Å². The van der Waals surface area contributed by atoms with Crippen LogP contribution in [0, 0.1) is 0 Å². The fourth-order valence-electron chi connectivity index (χ4n) is 3.56. The number of rotatable bonds is 13. The average Bonchev–Trinajstić information content (AvgIpc) is 2.96. The number of unbranched alkanes of at least 4 members (excludes halogenated alkanes) is 1. The number of benzene rings is 1. The van der Waals surface area contributed by atoms with Gasteiger partial charge in [0.05, 0.1) is 29.7 Å². The predicted molar refractivity (Wildman–Crippen MR) is 142 cm³/mol. The summed E-state index contributed by atoms with van der Waals surface area (Å²) >= 11 is 0. The van der Waals surface area contributed by atoms with E-state index >= 15 is 0 Å². The highest BCUT2D eigenvalue weighted by Gasteiger charge is 2.22. The zero-order valence-corrected chi connectivity index (χ0v) is 22.4. The molecule has 0 aliphatic rings. The van der Waals surface area contributed by atoms with Crippen LogP contribution in [-0.4, -0.2) is 60.4 Å². The first-order valence-electron chi connectivity index (χ1n) is 12.1. The molecule has 13 nitrogen and oxygen atoms in total. The van der Waals surface area contributed by atoms with E-state index in [0.29, 0.717) is 31.4 Å². The lowest BCUT2D eigenvalue weighted by molar-refractivity contribution is -0.143. The molecule has 0 radical (unpaired) electrons. The Morgan fingerprint density at radius 1 is 1.00 bits per heavy atom. The molecule has 0 saturated carbocycles. The molecule has 14 heteroatoms. The van der Waals surface area contributed by atoms with Crippen LogP contribution in [0.1, 0.15) is 45.5 Å². The number of carbonyl (C=O) groups is 3. The predicted octanol–water partition coefficient (Wildman–Crippen LogP) is 2.88. The van der Waals surface area contributed by atoms with Crippen LogP contribution in [-0.2, 0) is 26.2 Å². The second-order valence-electron chi connectivity index (χ2n) is 8.43. The first-order valence-corrected chi connectivity index (χ1v) is 13.6. The molecule has 2 aromatic heterocycles. The van der Waals surface area contributed by atoms with Gasteiger partial charge < -0.3 is 15.4 Å². The SMILES string of the molecule is COC(=O)C(CCCCNC(=O)c1cccnc1)NC(=O)c1ccc(N=NCc2ccccc2S(=O)(=O)O)nc1. The molecule has 3 aromatic rings. The highest BCUT2D eigenvalue weighted by Crippen LogP contribution is 2.17. The lowest BCUT2D eigenvalue weighted by Crippen LogP contribution is -2.41. The smallest absolute Gasteiger partial charge is 0.328 e. The van der Waals surface area contributed by atoms with Gasteiger partial charge in [-0.15, -0.1) is 5.11 Å². The summed E-state index contributed by atoms with van der Waals surface area (Å²) in [5.41, 5.74) is 0.883. The number of ether oxygens (including phenoxy) is 1. The first-order chi connectivity index (χ1) is 19.2. The maximum absolute atomic E-state index is 12.7. The Morgan fingerprint density at radius 2 is 1.77 bits per heavy atom. The third-order valence-electron chi connectivity index (χ3n) is 5.59. The van der Waals surface area contributed by atoms with Crippen molar-refractivity contribution in [3.05, 3.63) is 83.8 Å². The number of nitrogens with zero attached hydrogens (tertiary/aromatic N) is 4. The van der Waals surface area contributed by atoms with E-state index in [9.17, 15) is 27.4 Å². The van der Waals surface area contributed by atoms with Gasteiger partial charge in [-0.25, -0.2) is 9.78 Å². The zero-order chi connectivity index (χ0) is 29.0. The van der Waals surface area contributed by atoms with E-state index in [1.807, 2.05) is 0 Å². The topological polar surface area (TPSA) is 189 Å². The van der Waals surface area contributed by atoms with Crippen molar-refractivity contribution < 1.29 is 32.1 Å². The summed E-state index contributed by atoms with van der Waals surface area (Å²) in [7, 11) is -3.17. The van der Waals surface area contributed by atoms with Gasteiger partial charge in [0.15, 0.2) is 5.82 Å². The Morgan fingerprint density at radius 3 is 2.45 bits per heavy atom. The molecule has 0 saturated heterocycles. The quantitative estimate of drug-likeness (QED) is 0.120. The van der Waals surface area contributed by atoms with Gasteiger partial charge in [-0.1, -0.05) is 18.2 Å². The van der Waals surface area contributed by atoms with Gasteiger partial charge in [-0.3, -0.25) is 19.1 Å². The van der Waals surface area contributed by atoms with E-state index in [2.05, 4.69) is 30.8 Å². The van der Waals surface area contributed by atoms with Gasteiger partial charge in [0.2, 0.25) is 0 Å². The molecule has 3 N–H and O–H groups in total. The summed E-state index contributed by atoms with van der Waals surface area (Å²) in [6.07, 6.45) is 5.71. The fraction of sp³-hybridized carbons (Fsp3) is 0.269. The van der Waals surface area contributed by atoms with Gasteiger partial charge >= 0.3 is 5.97 Å². The summed E-state index contributed by atoms with van der Waals surface area (Å²) in [5, 5.41) is 13.2. The second-order valence-corrected chi connectivity index (χ2v) is 9.82. The van der Waals surface area contributed by atoms with Crippen molar-refractivity contribution >= 4 is 33.7 Å².